The standard InChI is InChI=1S/C15H14N2O3/c18-15(20-12-13-5-2-1-3-6-13)17-9-8-16-7-4-10-19-14(16)11-17/h1-9,11H,10,12H2. The highest BCUT2D eigenvalue weighted by Gasteiger charge is 2.20. The van der Waals surface area contributed by atoms with Gasteiger partial charge in [-0.3, -0.25) is 9.80 Å². The third kappa shape index (κ3) is 2.66. The highest BCUT2D eigenvalue weighted by Crippen LogP contribution is 2.19. The van der Waals surface area contributed by atoms with E-state index in [-0.39, 0.29) is 6.61 Å². The van der Waals surface area contributed by atoms with Crippen LogP contribution in [-0.4, -0.2) is 22.5 Å². The van der Waals surface area contributed by atoms with Crippen LogP contribution in [0.4, 0.5) is 4.79 Å². The summed E-state index contributed by atoms with van der Waals surface area (Å²) >= 11 is 0. The normalized spacial score (nSPS) is 16.3. The monoisotopic (exact) mass is 270 g/mol. The van der Waals surface area contributed by atoms with Crippen LogP contribution < -0.4 is 0 Å². The number of rotatable bonds is 2. The molecular formula is C15H14N2O3. The van der Waals surface area contributed by atoms with Gasteiger partial charge in [-0.25, -0.2) is 4.79 Å². The second kappa shape index (κ2) is 5.52. The first kappa shape index (κ1) is 12.3. The van der Waals surface area contributed by atoms with Crippen molar-refractivity contribution >= 4 is 6.09 Å². The number of amides is 1. The van der Waals surface area contributed by atoms with Gasteiger partial charge in [0.15, 0.2) is 0 Å². The first-order valence-electron chi connectivity index (χ1n) is 6.30. The lowest BCUT2D eigenvalue weighted by Crippen LogP contribution is -2.29. The Kier molecular flexibility index (Phi) is 3.41. The van der Waals surface area contributed by atoms with Crippen LogP contribution in [0.15, 0.2) is 67.1 Å². The summed E-state index contributed by atoms with van der Waals surface area (Å²) < 4.78 is 10.7. The molecule has 0 saturated heterocycles. The molecule has 0 atom stereocenters. The summed E-state index contributed by atoms with van der Waals surface area (Å²) in [7, 11) is 0. The molecular weight excluding hydrogens is 256 g/mol. The van der Waals surface area contributed by atoms with Gasteiger partial charge in [0.25, 0.3) is 0 Å². The lowest BCUT2D eigenvalue weighted by molar-refractivity contribution is 0.111. The lowest BCUT2D eigenvalue weighted by atomic mass is 10.2. The molecule has 0 aliphatic carbocycles. The average Bonchev–Trinajstić information content (AvgIpc) is 2.53. The molecule has 0 unspecified atom stereocenters. The van der Waals surface area contributed by atoms with E-state index in [1.807, 2.05) is 42.6 Å². The second-order valence-corrected chi connectivity index (χ2v) is 4.32. The van der Waals surface area contributed by atoms with Gasteiger partial charge in [0.05, 0.1) is 6.20 Å². The van der Waals surface area contributed by atoms with Crippen LogP contribution in [0.3, 0.4) is 0 Å². The van der Waals surface area contributed by atoms with Crippen molar-refractivity contribution in [3.05, 3.63) is 72.7 Å². The Morgan fingerprint density at radius 2 is 2.05 bits per heavy atom. The molecule has 2 aliphatic rings. The average molecular weight is 270 g/mol. The third-order valence-electron chi connectivity index (χ3n) is 2.90. The van der Waals surface area contributed by atoms with Crippen LogP contribution >= 0.6 is 0 Å². The summed E-state index contributed by atoms with van der Waals surface area (Å²) in [6, 6.07) is 9.56. The van der Waals surface area contributed by atoms with Gasteiger partial charge in [0, 0.05) is 18.6 Å². The van der Waals surface area contributed by atoms with Gasteiger partial charge in [-0.05, 0) is 11.6 Å². The van der Waals surface area contributed by atoms with Crippen molar-refractivity contribution in [2.75, 3.05) is 6.61 Å². The molecule has 0 fully saturated rings. The molecule has 20 heavy (non-hydrogen) atoms. The van der Waals surface area contributed by atoms with Crippen LogP contribution in [0, 0.1) is 0 Å². The number of benzene rings is 1. The van der Waals surface area contributed by atoms with Crippen LogP contribution in [0.2, 0.25) is 0 Å². The Morgan fingerprint density at radius 3 is 2.90 bits per heavy atom. The van der Waals surface area contributed by atoms with E-state index in [4.69, 9.17) is 9.47 Å². The predicted octanol–water partition coefficient (Wildman–Crippen LogP) is 2.75. The number of carbonyl (C=O) groups is 1. The molecule has 0 saturated carbocycles. The Hall–Kier alpha value is -2.69. The van der Waals surface area contributed by atoms with Crippen molar-refractivity contribution in [3.63, 3.8) is 0 Å². The molecule has 1 amide bonds. The summed E-state index contributed by atoms with van der Waals surface area (Å²) in [5.74, 6) is 0.603. The van der Waals surface area contributed by atoms with Crippen molar-refractivity contribution in [3.8, 4) is 0 Å². The van der Waals surface area contributed by atoms with Crippen molar-refractivity contribution in [1.29, 1.82) is 0 Å². The zero-order valence-corrected chi connectivity index (χ0v) is 10.8. The third-order valence-corrected chi connectivity index (χ3v) is 2.90. The molecule has 1 aromatic rings. The minimum atomic E-state index is -0.435. The van der Waals surface area contributed by atoms with Gasteiger partial charge in [-0.15, -0.1) is 0 Å². The van der Waals surface area contributed by atoms with Gasteiger partial charge in [-0.1, -0.05) is 30.3 Å². The SMILES string of the molecule is O=C(OCc1ccccc1)N1C=CN2C=CCOC2=C1. The minimum absolute atomic E-state index is 0.248. The predicted molar refractivity (Wildman–Crippen MR) is 72.6 cm³/mol. The van der Waals surface area contributed by atoms with E-state index in [9.17, 15) is 4.79 Å². The van der Waals surface area contributed by atoms with Gasteiger partial charge in [-0.2, -0.15) is 0 Å². The molecule has 0 radical (unpaired) electrons. The summed E-state index contributed by atoms with van der Waals surface area (Å²) in [6.07, 6.45) is 8.33. The molecule has 1 aromatic carbocycles. The van der Waals surface area contributed by atoms with E-state index < -0.39 is 6.09 Å². The van der Waals surface area contributed by atoms with Crippen LogP contribution in [0.25, 0.3) is 0 Å². The maximum absolute atomic E-state index is 12.0. The number of hydrogen-bond donors (Lipinski definition) is 0. The van der Waals surface area contributed by atoms with E-state index >= 15 is 0 Å². The minimum Gasteiger partial charge on any atom is -0.473 e. The summed E-state index contributed by atoms with van der Waals surface area (Å²) in [6.45, 7) is 0.751. The second-order valence-electron chi connectivity index (χ2n) is 4.32. The summed E-state index contributed by atoms with van der Waals surface area (Å²) in [5.41, 5.74) is 0.952. The number of ether oxygens (including phenoxy) is 2. The molecule has 2 heterocycles. The fourth-order valence-corrected chi connectivity index (χ4v) is 1.88. The largest absolute Gasteiger partial charge is 0.473 e. The molecule has 0 spiro atoms. The van der Waals surface area contributed by atoms with Crippen molar-refractivity contribution in [2.24, 2.45) is 0 Å². The number of hydrogen-bond acceptors (Lipinski definition) is 4. The molecule has 3 rings (SSSR count). The van der Waals surface area contributed by atoms with Gasteiger partial charge in [0.1, 0.15) is 13.2 Å². The van der Waals surface area contributed by atoms with Crippen LogP contribution in [0.1, 0.15) is 5.56 Å². The highest BCUT2D eigenvalue weighted by molar-refractivity contribution is 5.70. The molecule has 0 aromatic heterocycles. The van der Waals surface area contributed by atoms with E-state index in [2.05, 4.69) is 0 Å². The van der Waals surface area contributed by atoms with Crippen molar-refractivity contribution in [2.45, 2.75) is 6.61 Å². The molecule has 0 N–H and O–H groups in total. The molecule has 5 heteroatoms. The fourth-order valence-electron chi connectivity index (χ4n) is 1.88. The maximum atomic E-state index is 12.0. The van der Waals surface area contributed by atoms with Crippen molar-refractivity contribution in [1.82, 2.24) is 9.80 Å². The summed E-state index contributed by atoms with van der Waals surface area (Å²) in [4.78, 5) is 15.1. The Morgan fingerprint density at radius 1 is 1.20 bits per heavy atom. The van der Waals surface area contributed by atoms with Crippen LogP contribution in [-0.2, 0) is 16.1 Å². The Labute approximate surface area is 117 Å². The Balaban J connectivity index is 1.61. The molecule has 102 valence electrons. The van der Waals surface area contributed by atoms with Gasteiger partial charge in [0.2, 0.25) is 5.88 Å². The topological polar surface area (TPSA) is 42.0 Å². The van der Waals surface area contributed by atoms with E-state index in [1.54, 1.807) is 23.5 Å². The van der Waals surface area contributed by atoms with E-state index in [0.717, 1.165) is 5.56 Å². The van der Waals surface area contributed by atoms with Gasteiger partial charge < -0.3 is 9.47 Å². The zero-order chi connectivity index (χ0) is 13.8. The number of carbonyl (C=O) groups excluding carboxylic acids is 1. The quantitative estimate of drug-likeness (QED) is 0.828. The van der Waals surface area contributed by atoms with E-state index in [0.29, 0.717) is 12.5 Å². The highest BCUT2D eigenvalue weighted by atomic mass is 16.6. The number of nitrogens with zero attached hydrogens (tertiary/aromatic N) is 2. The maximum Gasteiger partial charge on any atom is 0.418 e. The first-order valence-corrected chi connectivity index (χ1v) is 6.30. The molecule has 2 aliphatic heterocycles. The fraction of sp³-hybridized carbons (Fsp3) is 0.133. The number of fused-ring (bicyclic) bond motifs is 1. The van der Waals surface area contributed by atoms with E-state index in [1.165, 1.54) is 4.90 Å². The zero-order valence-electron chi connectivity index (χ0n) is 10.8. The smallest absolute Gasteiger partial charge is 0.418 e. The Bertz CT molecular complexity index is 578. The van der Waals surface area contributed by atoms with Gasteiger partial charge >= 0.3 is 6.09 Å². The summed E-state index contributed by atoms with van der Waals surface area (Å²) in [5, 5.41) is 0. The lowest BCUT2D eigenvalue weighted by Gasteiger charge is -2.28. The molecule has 5 nitrogen and oxygen atoms in total. The van der Waals surface area contributed by atoms with Crippen LogP contribution in [0.5, 0.6) is 0 Å². The van der Waals surface area contributed by atoms with Crippen molar-refractivity contribution < 1.29 is 14.3 Å². The molecule has 0 bridgehead atoms. The first-order chi connectivity index (χ1) is 9.83.